The van der Waals surface area contributed by atoms with Gasteiger partial charge in [0, 0.05) is 29.6 Å². The van der Waals surface area contributed by atoms with E-state index in [0.29, 0.717) is 11.6 Å². The highest BCUT2D eigenvalue weighted by Crippen LogP contribution is 2.37. The molecule has 0 saturated carbocycles. The second-order valence-electron chi connectivity index (χ2n) is 7.11. The van der Waals surface area contributed by atoms with Gasteiger partial charge < -0.3 is 10.1 Å². The number of thiazole rings is 1. The van der Waals surface area contributed by atoms with Crippen molar-refractivity contribution < 1.29 is 9.53 Å². The Balaban J connectivity index is 1.35. The largest absolute Gasteiger partial charge is 0.497 e. The molecule has 0 bridgehead atoms. The van der Waals surface area contributed by atoms with Crippen LogP contribution in [0.3, 0.4) is 0 Å². The molecule has 4 rings (SSSR count). The molecule has 2 aromatic heterocycles. The van der Waals surface area contributed by atoms with Crippen molar-refractivity contribution in [3.63, 3.8) is 0 Å². The molecule has 1 amide bonds. The molecule has 0 saturated heterocycles. The third-order valence-electron chi connectivity index (χ3n) is 5.25. The minimum Gasteiger partial charge on any atom is -0.497 e. The number of benzene rings is 1. The van der Waals surface area contributed by atoms with Gasteiger partial charge in [0.25, 0.3) is 0 Å². The number of hydrogen-bond acceptors (Lipinski definition) is 5. The number of amides is 1. The highest BCUT2D eigenvalue weighted by molar-refractivity contribution is 7.16. The van der Waals surface area contributed by atoms with Crippen LogP contribution in [0.5, 0.6) is 5.75 Å². The minimum atomic E-state index is 0.0173. The summed E-state index contributed by atoms with van der Waals surface area (Å²) in [7, 11) is 3.63. The van der Waals surface area contributed by atoms with Crippen molar-refractivity contribution in [3.8, 4) is 17.0 Å². The number of anilines is 1. The lowest BCUT2D eigenvalue weighted by molar-refractivity contribution is -0.116. The monoisotopic (exact) mass is 396 g/mol. The Morgan fingerprint density at radius 1 is 1.36 bits per heavy atom. The van der Waals surface area contributed by atoms with Gasteiger partial charge in [-0.1, -0.05) is 6.07 Å². The molecule has 0 unspecified atom stereocenters. The fraction of sp³-hybridized carbons (Fsp3) is 0.381. The van der Waals surface area contributed by atoms with Gasteiger partial charge in [-0.2, -0.15) is 5.10 Å². The first-order valence-electron chi connectivity index (χ1n) is 9.49. The van der Waals surface area contributed by atoms with Crippen LogP contribution in [0, 0.1) is 6.92 Å². The van der Waals surface area contributed by atoms with E-state index in [2.05, 4.69) is 28.4 Å². The van der Waals surface area contributed by atoms with E-state index in [9.17, 15) is 4.79 Å². The number of aryl methyl sites for hydroxylation is 4. The molecule has 0 spiro atoms. The first kappa shape index (κ1) is 18.7. The van der Waals surface area contributed by atoms with E-state index in [4.69, 9.17) is 4.74 Å². The Morgan fingerprint density at radius 2 is 2.21 bits per heavy atom. The van der Waals surface area contributed by atoms with Gasteiger partial charge in [0.2, 0.25) is 5.91 Å². The molecule has 1 N–H and O–H groups in total. The highest BCUT2D eigenvalue weighted by Gasteiger charge is 2.24. The van der Waals surface area contributed by atoms with Crippen molar-refractivity contribution in [2.75, 3.05) is 12.4 Å². The number of carbonyl (C=O) groups is 1. The lowest BCUT2D eigenvalue weighted by Gasteiger charge is -2.10. The Morgan fingerprint density at radius 3 is 3.00 bits per heavy atom. The van der Waals surface area contributed by atoms with Gasteiger partial charge >= 0.3 is 0 Å². The summed E-state index contributed by atoms with van der Waals surface area (Å²) in [6.07, 6.45) is 5.94. The fourth-order valence-electron chi connectivity index (χ4n) is 3.67. The maximum Gasteiger partial charge on any atom is 0.226 e. The average molecular weight is 397 g/mol. The van der Waals surface area contributed by atoms with E-state index in [-0.39, 0.29) is 5.91 Å². The number of carbonyl (C=O) groups excluding carboxylic acids is 1. The number of ether oxygens (including phenoxy) is 1. The summed E-state index contributed by atoms with van der Waals surface area (Å²) in [4.78, 5) is 18.3. The number of rotatable bonds is 6. The van der Waals surface area contributed by atoms with Crippen LogP contribution in [-0.4, -0.2) is 27.8 Å². The van der Waals surface area contributed by atoms with Gasteiger partial charge in [-0.25, -0.2) is 4.98 Å². The van der Waals surface area contributed by atoms with Crippen molar-refractivity contribution in [1.29, 1.82) is 0 Å². The van der Waals surface area contributed by atoms with Gasteiger partial charge in [0.1, 0.15) is 5.75 Å². The molecule has 7 heteroatoms. The molecule has 2 heterocycles. The zero-order chi connectivity index (χ0) is 19.7. The number of nitrogens with zero attached hydrogens (tertiary/aromatic N) is 3. The fourth-order valence-corrected chi connectivity index (χ4v) is 4.66. The lowest BCUT2D eigenvalue weighted by Crippen LogP contribution is -2.11. The summed E-state index contributed by atoms with van der Waals surface area (Å²) < 4.78 is 7.16. The van der Waals surface area contributed by atoms with Crippen LogP contribution in [0.2, 0.25) is 0 Å². The van der Waals surface area contributed by atoms with Gasteiger partial charge in [0.15, 0.2) is 5.13 Å². The second-order valence-corrected chi connectivity index (χ2v) is 8.20. The average Bonchev–Trinajstić information content (AvgIpc) is 3.25. The summed E-state index contributed by atoms with van der Waals surface area (Å²) in [5.41, 5.74) is 5.73. The first-order valence-corrected chi connectivity index (χ1v) is 10.3. The van der Waals surface area contributed by atoms with Crippen LogP contribution in [0.15, 0.2) is 24.4 Å². The quantitative estimate of drug-likeness (QED) is 0.686. The molecule has 146 valence electrons. The Labute approximate surface area is 168 Å². The van der Waals surface area contributed by atoms with Crippen LogP contribution in [0.25, 0.3) is 11.3 Å². The van der Waals surface area contributed by atoms with E-state index in [1.165, 1.54) is 21.7 Å². The molecule has 28 heavy (non-hydrogen) atoms. The van der Waals surface area contributed by atoms with E-state index >= 15 is 0 Å². The number of aromatic nitrogens is 3. The highest BCUT2D eigenvalue weighted by atomic mass is 32.1. The van der Waals surface area contributed by atoms with Crippen molar-refractivity contribution in [2.24, 2.45) is 7.05 Å². The molecule has 1 aliphatic rings. The third-order valence-corrected chi connectivity index (χ3v) is 6.28. The molecule has 6 nitrogen and oxygen atoms in total. The maximum absolute atomic E-state index is 12.4. The van der Waals surface area contributed by atoms with Crippen LogP contribution in [0.1, 0.15) is 34.5 Å². The molecule has 0 radical (unpaired) electrons. The number of nitrogens with one attached hydrogen (secondary N) is 1. The van der Waals surface area contributed by atoms with Gasteiger partial charge in [-0.05, 0) is 55.9 Å². The van der Waals surface area contributed by atoms with Gasteiger partial charge in [0.05, 0.1) is 19.0 Å². The third kappa shape index (κ3) is 3.67. The van der Waals surface area contributed by atoms with Crippen LogP contribution < -0.4 is 10.1 Å². The van der Waals surface area contributed by atoms with Crippen LogP contribution in [-0.2, 0) is 31.1 Å². The molecule has 0 atom stereocenters. The second kappa shape index (κ2) is 7.75. The molecule has 1 aliphatic carbocycles. The smallest absolute Gasteiger partial charge is 0.226 e. The number of methoxy groups -OCH3 is 1. The molecule has 0 fully saturated rings. The van der Waals surface area contributed by atoms with Crippen molar-refractivity contribution in [2.45, 2.75) is 39.0 Å². The van der Waals surface area contributed by atoms with Crippen molar-refractivity contribution in [1.82, 2.24) is 14.8 Å². The number of fused-ring (bicyclic) bond motifs is 3. The summed E-state index contributed by atoms with van der Waals surface area (Å²) >= 11 is 1.58. The van der Waals surface area contributed by atoms with E-state index in [0.717, 1.165) is 42.7 Å². The van der Waals surface area contributed by atoms with Crippen LogP contribution >= 0.6 is 11.3 Å². The van der Waals surface area contributed by atoms with E-state index in [1.54, 1.807) is 18.4 Å². The van der Waals surface area contributed by atoms with Gasteiger partial charge in [-0.3, -0.25) is 9.48 Å². The predicted octanol–water partition coefficient (Wildman–Crippen LogP) is 3.92. The Bertz CT molecular complexity index is 1020. The SMILES string of the molecule is COc1ccc(CCCC(=O)Nc2nc3c(s2)CCc2c-3cnn2C)c(C)c1. The van der Waals surface area contributed by atoms with Crippen LogP contribution in [0.4, 0.5) is 5.13 Å². The predicted molar refractivity (Wildman–Crippen MR) is 111 cm³/mol. The molecule has 1 aromatic carbocycles. The normalized spacial score (nSPS) is 12.4. The summed E-state index contributed by atoms with van der Waals surface area (Å²) in [5.74, 6) is 0.882. The minimum absolute atomic E-state index is 0.0173. The summed E-state index contributed by atoms with van der Waals surface area (Å²) in [6.45, 7) is 2.07. The molecule has 3 aromatic rings. The maximum atomic E-state index is 12.4. The lowest BCUT2D eigenvalue weighted by atomic mass is 10.0. The van der Waals surface area contributed by atoms with E-state index < -0.39 is 0 Å². The summed E-state index contributed by atoms with van der Waals surface area (Å²) in [5, 5.41) is 8.01. The van der Waals surface area contributed by atoms with Gasteiger partial charge in [-0.15, -0.1) is 11.3 Å². The van der Waals surface area contributed by atoms with E-state index in [1.807, 2.05) is 30.1 Å². The molecular formula is C21H24N4O2S. The number of hydrogen-bond donors (Lipinski definition) is 1. The Kier molecular flexibility index (Phi) is 5.17. The van der Waals surface area contributed by atoms with Crippen molar-refractivity contribution >= 4 is 22.4 Å². The standard InChI is InChI=1S/C21H24N4O2S/c1-13-11-15(27-3)8-7-14(13)5-4-6-19(26)23-21-24-20-16-12-22-25(2)17(16)9-10-18(20)28-21/h7-8,11-12H,4-6,9-10H2,1-3H3,(H,23,24,26). The first-order chi connectivity index (χ1) is 13.5. The molecular weight excluding hydrogens is 372 g/mol. The zero-order valence-corrected chi connectivity index (χ0v) is 17.2. The molecule has 0 aliphatic heterocycles. The van der Waals surface area contributed by atoms with Crippen molar-refractivity contribution in [3.05, 3.63) is 46.1 Å². The Hall–Kier alpha value is -2.67. The zero-order valence-electron chi connectivity index (χ0n) is 16.4. The summed E-state index contributed by atoms with van der Waals surface area (Å²) in [6, 6.07) is 6.07. The topological polar surface area (TPSA) is 69.0 Å².